The first-order valence-corrected chi connectivity index (χ1v) is 51.7. The van der Waals surface area contributed by atoms with E-state index in [4.69, 9.17) is 51.1 Å². The Bertz CT molecular complexity index is 5290. The SMILES string of the molecule is COc1ccccc1NC(=O)[C@H]1CCCN(S(C)(=O)=O)C1.CS(=O)(=O)N1CCCC(C(=O)Nc2ccc(Cl)c(F)c2)C1.CS(=O)(=O)N1CCC[C@H](C(=O)Nc2ccc(Cl)c(F)c2)C1.CS(=O)(=O)N1CCC[C@H](C(=O)Nc2ccc(Cl)c(F)c2)C1.CS(=O)(=O)N1CCC[C@H](C(=O)Nc2ccc(F)cc2F)C1.CS(=O)(=O)N1CCC[C@H](C(=O)Nc2ccccc2Cl)C1. The number of sulfonamides is 6. The van der Waals surface area contributed by atoms with E-state index in [2.05, 4.69) is 31.9 Å². The predicted octanol–water partition coefficient (Wildman–Crippen LogP) is 11.1. The summed E-state index contributed by atoms with van der Waals surface area (Å²) in [7, 11) is -18.2. The molecule has 6 amide bonds. The lowest BCUT2D eigenvalue weighted by Gasteiger charge is -2.30. The quantitative estimate of drug-likeness (QED) is 0.0410. The maximum atomic E-state index is 13.5. The summed E-state index contributed by atoms with van der Waals surface area (Å²) < 4.78 is 218. The molecule has 0 aromatic heterocycles. The number of halogens is 9. The smallest absolute Gasteiger partial charge is 0.228 e. The van der Waals surface area contributed by atoms with Gasteiger partial charge in [0.15, 0.2) is 0 Å². The van der Waals surface area contributed by atoms with Crippen LogP contribution in [0.4, 0.5) is 56.1 Å². The van der Waals surface area contributed by atoms with Crippen LogP contribution >= 0.6 is 46.4 Å². The van der Waals surface area contributed by atoms with E-state index < -0.39 is 119 Å². The molecule has 6 N–H and O–H groups in total. The molecule has 6 heterocycles. The van der Waals surface area contributed by atoms with Gasteiger partial charge in [0.05, 0.1) is 117 Å². The van der Waals surface area contributed by atoms with Crippen molar-refractivity contribution in [1.29, 1.82) is 0 Å². The van der Waals surface area contributed by atoms with E-state index in [1.807, 2.05) is 12.1 Å². The highest BCUT2D eigenvalue weighted by molar-refractivity contribution is 7.89. The van der Waals surface area contributed by atoms with E-state index in [0.29, 0.717) is 162 Å². The van der Waals surface area contributed by atoms with Crippen molar-refractivity contribution in [3.05, 3.63) is 171 Å². The lowest BCUT2D eigenvalue weighted by molar-refractivity contribution is -0.121. The molecule has 6 atom stereocenters. The van der Waals surface area contributed by atoms with E-state index >= 15 is 0 Å². The van der Waals surface area contributed by atoms with E-state index in [-0.39, 0.29) is 101 Å². The van der Waals surface area contributed by atoms with Gasteiger partial charge >= 0.3 is 0 Å². The van der Waals surface area contributed by atoms with Gasteiger partial charge in [-0.2, -0.15) is 0 Å². The van der Waals surface area contributed by atoms with Gasteiger partial charge in [-0.1, -0.05) is 70.7 Å². The van der Waals surface area contributed by atoms with Crippen molar-refractivity contribution in [3.63, 3.8) is 0 Å². The van der Waals surface area contributed by atoms with Crippen molar-refractivity contribution in [1.82, 2.24) is 25.8 Å². The van der Waals surface area contributed by atoms with Crippen molar-refractivity contribution in [2.24, 2.45) is 35.5 Å². The highest BCUT2D eigenvalue weighted by Crippen LogP contribution is 2.32. The fourth-order valence-corrected chi connectivity index (χ4v) is 19.8. The first kappa shape index (κ1) is 104. The number of rotatable bonds is 19. The maximum Gasteiger partial charge on any atom is 0.228 e. The molecule has 0 aliphatic carbocycles. The third-order valence-electron chi connectivity index (χ3n) is 20.6. The van der Waals surface area contributed by atoms with Crippen molar-refractivity contribution >= 4 is 176 Å². The van der Waals surface area contributed by atoms with Crippen LogP contribution in [0.25, 0.3) is 0 Å². The van der Waals surface area contributed by atoms with Crippen LogP contribution in [0.5, 0.6) is 5.75 Å². The normalized spacial score (nSPS) is 20.3. The molecule has 6 saturated heterocycles. The number of nitrogens with one attached hydrogen (secondary N) is 6. The Morgan fingerprint density at radius 3 is 0.808 bits per heavy atom. The van der Waals surface area contributed by atoms with E-state index in [9.17, 15) is 101 Å². The van der Waals surface area contributed by atoms with Crippen LogP contribution in [0.15, 0.2) is 121 Å². The Morgan fingerprint density at radius 2 is 0.552 bits per heavy atom. The number of piperidine rings is 6. The molecule has 690 valence electrons. The van der Waals surface area contributed by atoms with Gasteiger partial charge in [0.25, 0.3) is 0 Å². The third-order valence-corrected chi connectivity index (χ3v) is 29.5. The Kier molecular flexibility index (Phi) is 39.2. The second-order valence-corrected chi connectivity index (χ2v) is 43.9. The molecule has 0 saturated carbocycles. The van der Waals surface area contributed by atoms with Crippen LogP contribution in [-0.2, 0) is 88.9 Å². The molecule has 1 unspecified atom stereocenters. The van der Waals surface area contributed by atoms with Crippen LogP contribution in [-0.4, -0.2) is 235 Å². The lowest BCUT2D eigenvalue weighted by atomic mass is 9.98. The number of nitrogens with zero attached hydrogens (tertiary/aromatic N) is 6. The molecule has 6 aliphatic heterocycles. The van der Waals surface area contributed by atoms with Crippen molar-refractivity contribution in [2.75, 3.05) is 155 Å². The van der Waals surface area contributed by atoms with Crippen molar-refractivity contribution < 1.29 is 106 Å². The van der Waals surface area contributed by atoms with Gasteiger partial charge in [-0.05, 0) is 168 Å². The molecular weight excluding hydrogens is 1850 g/mol. The zero-order valence-electron chi connectivity index (χ0n) is 69.3. The van der Waals surface area contributed by atoms with Crippen LogP contribution < -0.4 is 36.6 Å². The largest absolute Gasteiger partial charge is 0.495 e. The standard InChI is InChI=1S/C14H20N2O4S.3C13H16ClFN2O3S.C13H17ClN2O3S.C13H16F2N2O3S/c1-20-13-8-4-3-7-12(13)15-14(17)11-6-5-9-16(10-11)21(2,18)19;3*1-21(19,20)17-6-2-3-9(8-17)13(18)16-10-4-5-11(14)12(15)7-10;1-20(18,19)16-8-4-5-10(9-16)13(17)15-12-7-3-2-6-11(12)14;1-21(19,20)17-6-2-3-9(8-17)13(18)16-12-5-4-10(14)7-11(12)15/h3-4,7-8,11H,5-6,9-10H2,1-2H3,(H,15,17);3*4-5,7,9H,2-3,6,8H2,1H3,(H,16,18);2-3,6-7,10H,4-5,8-9H2,1H3,(H,15,17);4-5,7,9H,2-3,6,8H2,1H3,(H,16,18)/t11-;2*9-;;10-;9-/m000.00/s1. The zero-order valence-corrected chi connectivity index (χ0v) is 77.2. The Hall–Kier alpha value is -7.79. The number of hydrogen-bond acceptors (Lipinski definition) is 19. The van der Waals surface area contributed by atoms with Crippen LogP contribution in [0, 0.1) is 64.6 Å². The van der Waals surface area contributed by atoms with Gasteiger partial charge in [-0.3, -0.25) is 28.8 Å². The highest BCUT2D eigenvalue weighted by Gasteiger charge is 2.37. The van der Waals surface area contributed by atoms with Crippen LogP contribution in [0.2, 0.25) is 20.1 Å². The summed E-state index contributed by atoms with van der Waals surface area (Å²) in [6.07, 6.45) is 14.3. The first-order valence-electron chi connectivity index (χ1n) is 39.1. The number of ether oxygens (including phenoxy) is 1. The molecule has 12 rings (SSSR count). The first-order chi connectivity index (χ1) is 58.4. The molecule has 0 radical (unpaired) electrons. The highest BCUT2D eigenvalue weighted by atomic mass is 35.5. The molecule has 46 heteroatoms. The van der Waals surface area contributed by atoms with Crippen LogP contribution in [0.3, 0.4) is 0 Å². The molecule has 31 nitrogen and oxygen atoms in total. The van der Waals surface area contributed by atoms with E-state index in [1.165, 1.54) is 81.9 Å². The minimum absolute atomic E-state index is 0.0195. The van der Waals surface area contributed by atoms with Gasteiger partial charge < -0.3 is 36.6 Å². The summed E-state index contributed by atoms with van der Waals surface area (Å²) in [5.74, 6) is -7.15. The number of hydrogen-bond donors (Lipinski definition) is 6. The van der Waals surface area contributed by atoms with Crippen LogP contribution in [0.1, 0.15) is 77.0 Å². The van der Waals surface area contributed by atoms with Gasteiger partial charge in [0.1, 0.15) is 34.8 Å². The summed E-state index contributed by atoms with van der Waals surface area (Å²) in [4.78, 5) is 73.0. The van der Waals surface area contributed by atoms with E-state index in [1.54, 1.807) is 36.4 Å². The predicted molar refractivity (Wildman–Crippen MR) is 472 cm³/mol. The number of methoxy groups -OCH3 is 1. The molecule has 6 fully saturated rings. The minimum atomic E-state index is -3.35. The number of carbonyl (C=O) groups is 6. The number of benzene rings is 6. The molecule has 6 aliphatic rings. The second-order valence-electron chi connectivity index (χ2n) is 30.4. The Labute approximate surface area is 746 Å². The van der Waals surface area contributed by atoms with Gasteiger partial charge in [0.2, 0.25) is 95.6 Å². The fourth-order valence-electron chi connectivity index (χ4n) is 13.8. The average Bonchev–Trinajstić information content (AvgIpc) is 0.895. The summed E-state index contributed by atoms with van der Waals surface area (Å²) >= 11 is 22.7. The molecule has 6 aromatic carbocycles. The molecule has 125 heavy (non-hydrogen) atoms. The molecule has 0 spiro atoms. The van der Waals surface area contributed by atoms with Gasteiger partial charge in [-0.25, -0.2) is 98.3 Å². The molecular formula is C79H101Cl4F5N12O19S6. The zero-order chi connectivity index (χ0) is 92.7. The number of anilines is 6. The second kappa shape index (κ2) is 47.0. The number of para-hydroxylation sites is 3. The topological polar surface area (TPSA) is 408 Å². The molecule has 6 aromatic rings. The molecule has 0 bridgehead atoms. The maximum absolute atomic E-state index is 13.5. The van der Waals surface area contributed by atoms with Crippen molar-refractivity contribution in [2.45, 2.75) is 77.0 Å². The summed E-state index contributed by atoms with van der Waals surface area (Å²) in [6.45, 7) is 3.64. The van der Waals surface area contributed by atoms with Crippen molar-refractivity contribution in [3.8, 4) is 5.75 Å². The summed E-state index contributed by atoms with van der Waals surface area (Å²) in [5.41, 5.74) is 1.95. The number of carbonyl (C=O) groups excluding carboxylic acids is 6. The number of amides is 6. The Morgan fingerprint density at radius 1 is 0.304 bits per heavy atom. The fraction of sp³-hybridized carbons (Fsp3) is 0.468. The lowest BCUT2D eigenvalue weighted by Crippen LogP contribution is -2.43. The Balaban J connectivity index is 0.000000206. The van der Waals surface area contributed by atoms with E-state index in [0.717, 1.165) is 55.4 Å². The summed E-state index contributed by atoms with van der Waals surface area (Å²) in [5, 5.41) is 16.1. The van der Waals surface area contributed by atoms with Gasteiger partial charge in [0, 0.05) is 102 Å². The average molecular weight is 1950 g/mol. The minimum Gasteiger partial charge on any atom is -0.495 e. The van der Waals surface area contributed by atoms with Gasteiger partial charge in [-0.15, -0.1) is 0 Å². The monoisotopic (exact) mass is 1950 g/mol. The third kappa shape index (κ3) is 33.7. The summed E-state index contributed by atoms with van der Waals surface area (Å²) in [6, 6.07) is 29.0.